The number of hydrogen-bond donors (Lipinski definition) is 1. The molecule has 0 spiro atoms. The van der Waals surface area contributed by atoms with Crippen LogP contribution in [0.1, 0.15) is 85.4 Å². The van der Waals surface area contributed by atoms with Crippen LogP contribution in [0.25, 0.3) is 10.9 Å². The fourth-order valence-electron chi connectivity index (χ4n) is 8.26. The van der Waals surface area contributed by atoms with E-state index in [1.165, 1.54) is 0 Å². The van der Waals surface area contributed by atoms with Crippen molar-refractivity contribution in [2.45, 2.75) is 122 Å². The van der Waals surface area contributed by atoms with Crippen LogP contribution in [-0.2, 0) is 32.5 Å². The normalized spacial score (nSPS) is 17.7. The van der Waals surface area contributed by atoms with Gasteiger partial charge in [0.25, 0.3) is 0 Å². The Kier molecular flexibility index (Phi) is 9.95. The van der Waals surface area contributed by atoms with Crippen molar-refractivity contribution in [3.63, 3.8) is 0 Å². The summed E-state index contributed by atoms with van der Waals surface area (Å²) < 4.78 is 38.3. The van der Waals surface area contributed by atoms with Gasteiger partial charge in [-0.15, -0.1) is 0 Å². The highest BCUT2D eigenvalue weighted by Crippen LogP contribution is 2.46. The fraction of sp³-hybridized carbons (Fsp3) is 0.556. The molecule has 2 aromatic carbocycles. The molecule has 1 aromatic heterocycles. The van der Waals surface area contributed by atoms with Gasteiger partial charge in [0.05, 0.1) is 9.92 Å². The van der Waals surface area contributed by atoms with E-state index in [0.29, 0.717) is 54.1 Å². The molecule has 0 aliphatic carbocycles. The molecule has 1 N–H and O–H groups in total. The average Bonchev–Trinajstić information content (AvgIpc) is 3.49. The van der Waals surface area contributed by atoms with Crippen molar-refractivity contribution < 1.29 is 22.7 Å². The first-order valence-corrected chi connectivity index (χ1v) is 21.1. The third-order valence-electron chi connectivity index (χ3n) is 10.2. The molecule has 3 heterocycles. The summed E-state index contributed by atoms with van der Waals surface area (Å²) in [7, 11) is -6.25. The van der Waals surface area contributed by atoms with Crippen LogP contribution in [0.2, 0.25) is 21.6 Å². The second kappa shape index (κ2) is 13.1. The van der Waals surface area contributed by atoms with Crippen LogP contribution in [0.5, 0.6) is 0 Å². The Morgan fingerprint density at radius 1 is 1.00 bits per heavy atom. The quantitative estimate of drug-likeness (QED) is 0.238. The van der Waals surface area contributed by atoms with Gasteiger partial charge in [-0.05, 0) is 92.0 Å². The van der Waals surface area contributed by atoms with Gasteiger partial charge in [-0.25, -0.2) is 13.2 Å². The van der Waals surface area contributed by atoms with E-state index in [4.69, 9.17) is 16.3 Å². The molecule has 5 rings (SSSR count). The lowest BCUT2D eigenvalue weighted by Gasteiger charge is -2.44. The minimum Gasteiger partial charge on any atom is -0.444 e. The minimum atomic E-state index is -4.03. The number of nitrogens with one attached hydrogen (secondary N) is 1. The van der Waals surface area contributed by atoms with Gasteiger partial charge in [0.1, 0.15) is 11.6 Å². The second-order valence-electron chi connectivity index (χ2n) is 15.4. The van der Waals surface area contributed by atoms with E-state index in [1.54, 1.807) is 28.0 Å². The lowest BCUT2D eigenvalue weighted by atomic mass is 9.96. The van der Waals surface area contributed by atoms with Crippen molar-refractivity contribution in [2.24, 2.45) is 0 Å². The molecule has 2 amide bonds. The van der Waals surface area contributed by atoms with Crippen LogP contribution in [0.3, 0.4) is 0 Å². The molecule has 1 fully saturated rings. The Morgan fingerprint density at radius 2 is 1.65 bits per heavy atom. The molecule has 1 atom stereocenters. The number of fused-ring (bicyclic) bond motifs is 2. The maximum atomic E-state index is 13.9. The molecule has 12 heteroatoms. The molecule has 262 valence electrons. The number of benzene rings is 2. The minimum absolute atomic E-state index is 0.121. The number of nitrogens with zero attached hydrogens (tertiary/aromatic N) is 3. The summed E-state index contributed by atoms with van der Waals surface area (Å²) in [4.78, 5) is 29.9. The maximum absolute atomic E-state index is 13.9. The number of carbonyl (C=O) groups is 2. The second-order valence-corrected chi connectivity index (χ2v) is 23.2. The highest BCUT2D eigenvalue weighted by Gasteiger charge is 2.46. The third kappa shape index (κ3) is 6.55. The van der Waals surface area contributed by atoms with Crippen molar-refractivity contribution >= 4 is 58.5 Å². The summed E-state index contributed by atoms with van der Waals surface area (Å²) in [6.07, 6.45) is 2.66. The molecule has 1 saturated heterocycles. The zero-order chi connectivity index (χ0) is 35.5. The van der Waals surface area contributed by atoms with E-state index < -0.39 is 29.9 Å². The monoisotopic (exact) mass is 714 g/mol. The molecule has 3 aromatic rings. The first kappa shape index (κ1) is 36.4. The standard InChI is InChI=1S/C36H51ClN4O5SSi/c1-22(2)48(23(3)4,24(5)6)41-21-30(37)29-12-11-28(19-33(29)41)47(44,45)38-31-14-16-40(34(31)42)32-18-26-13-15-39(20-27(26)17-25(32)7)35(43)46-36(8,9)10/h11-12,17-19,21-24,31,38H,13-16,20H2,1-10H3/t31-/m0/s1. The van der Waals surface area contributed by atoms with Crippen LogP contribution in [0.15, 0.2) is 41.4 Å². The molecule has 0 saturated carbocycles. The molecule has 0 bridgehead atoms. The summed E-state index contributed by atoms with van der Waals surface area (Å²) in [6, 6.07) is 8.25. The summed E-state index contributed by atoms with van der Waals surface area (Å²) in [6.45, 7) is 22.4. The number of amides is 2. The summed E-state index contributed by atoms with van der Waals surface area (Å²) in [5.74, 6) is -0.272. The molecule has 0 unspecified atom stereocenters. The van der Waals surface area contributed by atoms with Crippen LogP contribution < -0.4 is 9.62 Å². The SMILES string of the molecule is Cc1cc2c(cc1N1CC[C@H](NS(=O)(=O)c3ccc4c(Cl)cn([Si](C(C)C)(C(C)C)C(C)C)c4c3)C1=O)CCN(C(=O)OC(C)(C)C)C2. The Labute approximate surface area is 292 Å². The van der Waals surface area contributed by atoms with Crippen LogP contribution in [0.4, 0.5) is 10.5 Å². The number of carbonyl (C=O) groups excluding carboxylic acids is 2. The van der Waals surface area contributed by atoms with E-state index >= 15 is 0 Å². The number of anilines is 1. The van der Waals surface area contributed by atoms with Crippen LogP contribution >= 0.6 is 11.6 Å². The first-order chi connectivity index (χ1) is 22.3. The predicted molar refractivity (Wildman–Crippen MR) is 196 cm³/mol. The molecule has 48 heavy (non-hydrogen) atoms. The average molecular weight is 715 g/mol. The van der Waals surface area contributed by atoms with Crippen molar-refractivity contribution in [1.29, 1.82) is 0 Å². The predicted octanol–water partition coefficient (Wildman–Crippen LogP) is 8.00. The van der Waals surface area contributed by atoms with Crippen molar-refractivity contribution in [3.05, 3.63) is 58.2 Å². The van der Waals surface area contributed by atoms with Gasteiger partial charge < -0.3 is 18.8 Å². The van der Waals surface area contributed by atoms with Gasteiger partial charge in [0.2, 0.25) is 15.9 Å². The van der Waals surface area contributed by atoms with Crippen LogP contribution in [0, 0.1) is 6.92 Å². The van der Waals surface area contributed by atoms with Gasteiger partial charge in [-0.1, -0.05) is 65.3 Å². The molecule has 2 aliphatic heterocycles. The van der Waals surface area contributed by atoms with E-state index in [2.05, 4.69) is 50.5 Å². The number of halogens is 1. The summed E-state index contributed by atoms with van der Waals surface area (Å²) >= 11 is 6.76. The van der Waals surface area contributed by atoms with Gasteiger partial charge in [0, 0.05) is 42.4 Å². The zero-order valence-electron chi connectivity index (χ0n) is 30.0. The van der Waals surface area contributed by atoms with E-state index in [9.17, 15) is 18.0 Å². The number of hydrogen-bond acceptors (Lipinski definition) is 5. The largest absolute Gasteiger partial charge is 0.444 e. The van der Waals surface area contributed by atoms with Gasteiger partial charge in [-0.3, -0.25) is 4.79 Å². The van der Waals surface area contributed by atoms with E-state index in [1.807, 2.05) is 46.0 Å². The zero-order valence-corrected chi connectivity index (χ0v) is 32.6. The number of aryl methyl sites for hydroxylation is 1. The third-order valence-corrected chi connectivity index (χ3v) is 18.7. The smallest absolute Gasteiger partial charge is 0.410 e. The number of rotatable bonds is 8. The molecular weight excluding hydrogens is 664 g/mol. The number of aromatic nitrogens is 1. The van der Waals surface area contributed by atoms with Gasteiger partial charge in [-0.2, -0.15) is 4.72 Å². The number of ether oxygens (including phenoxy) is 1. The molecule has 9 nitrogen and oxygen atoms in total. The van der Waals surface area contributed by atoms with Crippen molar-refractivity contribution in [2.75, 3.05) is 18.0 Å². The van der Waals surface area contributed by atoms with Gasteiger partial charge >= 0.3 is 6.09 Å². The fourth-order valence-corrected chi connectivity index (χ4v) is 16.5. The number of sulfonamides is 1. The Balaban J connectivity index is 1.38. The maximum Gasteiger partial charge on any atom is 0.410 e. The van der Waals surface area contributed by atoms with E-state index in [-0.39, 0.29) is 16.9 Å². The highest BCUT2D eigenvalue weighted by molar-refractivity contribution is 7.89. The Bertz CT molecular complexity index is 1820. The van der Waals surface area contributed by atoms with Crippen molar-refractivity contribution in [3.8, 4) is 0 Å². The summed E-state index contributed by atoms with van der Waals surface area (Å²) in [5.41, 5.74) is 5.19. The highest BCUT2D eigenvalue weighted by atomic mass is 35.5. The summed E-state index contributed by atoms with van der Waals surface area (Å²) in [5, 5.41) is 1.44. The molecule has 0 radical (unpaired) electrons. The molecule has 2 aliphatic rings. The lowest BCUT2D eigenvalue weighted by Crippen LogP contribution is -2.51. The molecular formula is C36H51ClN4O5SSi. The van der Waals surface area contributed by atoms with E-state index in [0.717, 1.165) is 33.3 Å². The first-order valence-electron chi connectivity index (χ1n) is 17.0. The lowest BCUT2D eigenvalue weighted by molar-refractivity contribution is -0.118. The topological polar surface area (TPSA) is 101 Å². The Morgan fingerprint density at radius 3 is 2.25 bits per heavy atom. The van der Waals surface area contributed by atoms with Gasteiger partial charge in [0.15, 0.2) is 8.24 Å². The van der Waals surface area contributed by atoms with Crippen LogP contribution in [-0.4, -0.2) is 62.5 Å². The Hall–Kier alpha value is -2.86. The van der Waals surface area contributed by atoms with Crippen molar-refractivity contribution in [1.82, 2.24) is 13.9 Å².